The van der Waals surface area contributed by atoms with Crippen LogP contribution in [-0.4, -0.2) is 42.5 Å². The summed E-state index contributed by atoms with van der Waals surface area (Å²) < 4.78 is 17.6. The molecule has 0 aliphatic carbocycles. The molecule has 32 heavy (non-hydrogen) atoms. The van der Waals surface area contributed by atoms with E-state index in [9.17, 15) is 9.59 Å². The number of para-hydroxylation sites is 1. The molecule has 1 N–H and O–H groups in total. The van der Waals surface area contributed by atoms with Gasteiger partial charge in [-0.1, -0.05) is 37.2 Å². The number of benzene rings is 2. The van der Waals surface area contributed by atoms with E-state index in [1.807, 2.05) is 12.1 Å². The molecular formula is C23H27N3O5S. The zero-order valence-electron chi connectivity index (χ0n) is 18.6. The maximum Gasteiger partial charge on any atom is 0.262 e. The highest BCUT2D eigenvalue weighted by Gasteiger charge is 2.16. The largest absolute Gasteiger partial charge is 0.493 e. The fraction of sp³-hybridized carbons (Fsp3) is 0.348. The second-order valence-electron chi connectivity index (χ2n) is 6.97. The van der Waals surface area contributed by atoms with E-state index >= 15 is 0 Å². The standard InChI is InChI=1S/C23H27N3O5S/c1-5-6-11-26-22(28)16-9-7-8-10-17(16)25-23(26)32-14-20(27)24-15-12-18(29-2)21(31-4)19(13-15)30-3/h7-10,12-13H,5-6,11,14H2,1-4H3,(H,24,27). The summed E-state index contributed by atoms with van der Waals surface area (Å²) in [6.07, 6.45) is 1.80. The molecule has 170 valence electrons. The van der Waals surface area contributed by atoms with Crippen molar-refractivity contribution in [3.63, 3.8) is 0 Å². The van der Waals surface area contributed by atoms with Crippen molar-refractivity contribution in [2.24, 2.45) is 0 Å². The van der Waals surface area contributed by atoms with Gasteiger partial charge >= 0.3 is 0 Å². The third kappa shape index (κ3) is 5.16. The number of anilines is 1. The minimum atomic E-state index is -0.242. The predicted molar refractivity (Wildman–Crippen MR) is 126 cm³/mol. The number of fused-ring (bicyclic) bond motifs is 1. The fourth-order valence-corrected chi connectivity index (χ4v) is 4.08. The topological polar surface area (TPSA) is 91.7 Å². The van der Waals surface area contributed by atoms with Gasteiger partial charge < -0.3 is 19.5 Å². The van der Waals surface area contributed by atoms with Crippen molar-refractivity contribution in [3.8, 4) is 17.2 Å². The van der Waals surface area contributed by atoms with Crippen LogP contribution in [0.25, 0.3) is 10.9 Å². The van der Waals surface area contributed by atoms with Crippen LogP contribution in [0.5, 0.6) is 17.2 Å². The van der Waals surface area contributed by atoms with E-state index in [2.05, 4.69) is 17.2 Å². The fourth-order valence-electron chi connectivity index (χ4n) is 3.25. The van der Waals surface area contributed by atoms with E-state index < -0.39 is 0 Å². The van der Waals surface area contributed by atoms with Gasteiger partial charge in [-0.05, 0) is 18.6 Å². The molecule has 1 heterocycles. The van der Waals surface area contributed by atoms with Gasteiger partial charge in [0.1, 0.15) is 0 Å². The maximum atomic E-state index is 13.0. The van der Waals surface area contributed by atoms with E-state index in [1.54, 1.807) is 28.8 Å². The van der Waals surface area contributed by atoms with Gasteiger partial charge in [-0.2, -0.15) is 0 Å². The van der Waals surface area contributed by atoms with Gasteiger partial charge in [0.2, 0.25) is 11.7 Å². The molecule has 0 saturated carbocycles. The van der Waals surface area contributed by atoms with Crippen LogP contribution in [0.1, 0.15) is 19.8 Å². The molecule has 8 nitrogen and oxygen atoms in total. The summed E-state index contributed by atoms with van der Waals surface area (Å²) in [4.78, 5) is 30.2. The van der Waals surface area contributed by atoms with E-state index in [4.69, 9.17) is 14.2 Å². The van der Waals surface area contributed by atoms with Crippen molar-refractivity contribution in [1.29, 1.82) is 0 Å². The molecule has 0 aliphatic heterocycles. The number of hydrogen-bond acceptors (Lipinski definition) is 7. The van der Waals surface area contributed by atoms with Crippen LogP contribution in [-0.2, 0) is 11.3 Å². The Morgan fingerprint density at radius 2 is 1.78 bits per heavy atom. The number of amides is 1. The normalized spacial score (nSPS) is 10.8. The first-order chi connectivity index (χ1) is 15.5. The molecule has 1 amide bonds. The highest BCUT2D eigenvalue weighted by molar-refractivity contribution is 7.99. The Bertz CT molecular complexity index is 1140. The first kappa shape index (κ1) is 23.5. The monoisotopic (exact) mass is 457 g/mol. The summed E-state index contributed by atoms with van der Waals surface area (Å²) in [5.74, 6) is 1.18. The Labute approximate surface area is 190 Å². The lowest BCUT2D eigenvalue weighted by Crippen LogP contribution is -2.24. The molecular weight excluding hydrogens is 430 g/mol. The Kier molecular flexibility index (Phi) is 7.99. The number of aromatic nitrogens is 2. The number of thioether (sulfide) groups is 1. The Morgan fingerprint density at radius 3 is 2.41 bits per heavy atom. The van der Waals surface area contributed by atoms with Crippen LogP contribution < -0.4 is 25.1 Å². The molecule has 0 bridgehead atoms. The van der Waals surface area contributed by atoms with Crippen LogP contribution in [0.15, 0.2) is 46.3 Å². The lowest BCUT2D eigenvalue weighted by Gasteiger charge is -2.15. The summed E-state index contributed by atoms with van der Waals surface area (Å²) in [5.41, 5.74) is 1.05. The van der Waals surface area contributed by atoms with E-state index in [-0.39, 0.29) is 17.2 Å². The number of unbranched alkanes of at least 4 members (excludes halogenated alkanes) is 1. The highest BCUT2D eigenvalue weighted by Crippen LogP contribution is 2.40. The lowest BCUT2D eigenvalue weighted by atomic mass is 10.2. The zero-order valence-corrected chi connectivity index (χ0v) is 19.5. The zero-order chi connectivity index (χ0) is 23.1. The smallest absolute Gasteiger partial charge is 0.262 e. The molecule has 0 aliphatic rings. The van der Waals surface area contributed by atoms with Gasteiger partial charge in [-0.25, -0.2) is 4.98 Å². The quantitative estimate of drug-likeness (QED) is 0.364. The number of nitrogens with zero attached hydrogens (tertiary/aromatic N) is 2. The van der Waals surface area contributed by atoms with Crippen LogP contribution >= 0.6 is 11.8 Å². The molecule has 9 heteroatoms. The molecule has 0 unspecified atom stereocenters. The Morgan fingerprint density at radius 1 is 1.09 bits per heavy atom. The van der Waals surface area contributed by atoms with Crippen LogP contribution in [0.3, 0.4) is 0 Å². The maximum absolute atomic E-state index is 13.0. The summed E-state index contributed by atoms with van der Waals surface area (Å²) in [6, 6.07) is 10.6. The van der Waals surface area contributed by atoms with Crippen molar-refractivity contribution in [2.75, 3.05) is 32.4 Å². The molecule has 1 aromatic heterocycles. The summed E-state index contributed by atoms with van der Waals surface area (Å²) in [7, 11) is 4.54. The number of methoxy groups -OCH3 is 3. The van der Waals surface area contributed by atoms with E-state index in [0.29, 0.717) is 45.5 Å². The molecule has 2 aromatic carbocycles. The molecule has 0 fully saturated rings. The van der Waals surface area contributed by atoms with Gasteiger partial charge in [0.05, 0.1) is 38.0 Å². The van der Waals surface area contributed by atoms with Crippen molar-refractivity contribution >= 4 is 34.3 Å². The van der Waals surface area contributed by atoms with Crippen molar-refractivity contribution in [2.45, 2.75) is 31.5 Å². The molecule has 3 rings (SSSR count). The number of carbonyl (C=O) groups excluding carboxylic acids is 1. The minimum absolute atomic E-state index is 0.0865. The number of hydrogen-bond donors (Lipinski definition) is 1. The van der Waals surface area contributed by atoms with Crippen molar-refractivity contribution in [1.82, 2.24) is 9.55 Å². The average molecular weight is 458 g/mol. The SMILES string of the molecule is CCCCn1c(SCC(=O)Nc2cc(OC)c(OC)c(OC)c2)nc2ccccc2c1=O. The second-order valence-corrected chi connectivity index (χ2v) is 7.92. The molecule has 0 radical (unpaired) electrons. The number of rotatable bonds is 10. The summed E-state index contributed by atoms with van der Waals surface area (Å²) in [6.45, 7) is 2.63. The van der Waals surface area contributed by atoms with Crippen LogP contribution in [0, 0.1) is 0 Å². The second kappa shape index (κ2) is 10.9. The number of carbonyl (C=O) groups is 1. The van der Waals surface area contributed by atoms with E-state index in [1.165, 1.54) is 33.1 Å². The highest BCUT2D eigenvalue weighted by atomic mass is 32.2. The third-order valence-corrected chi connectivity index (χ3v) is 5.82. The van der Waals surface area contributed by atoms with Crippen molar-refractivity contribution in [3.05, 3.63) is 46.8 Å². The first-order valence-electron chi connectivity index (χ1n) is 10.2. The summed E-state index contributed by atoms with van der Waals surface area (Å²) >= 11 is 1.23. The summed E-state index contributed by atoms with van der Waals surface area (Å²) in [5, 5.41) is 3.95. The lowest BCUT2D eigenvalue weighted by molar-refractivity contribution is -0.113. The van der Waals surface area contributed by atoms with Gasteiger partial charge in [0.15, 0.2) is 16.7 Å². The van der Waals surface area contributed by atoms with Gasteiger partial charge in [-0.15, -0.1) is 0 Å². The molecule has 0 spiro atoms. The molecule has 3 aromatic rings. The van der Waals surface area contributed by atoms with Gasteiger partial charge in [-0.3, -0.25) is 14.2 Å². The Hall–Kier alpha value is -3.20. The van der Waals surface area contributed by atoms with Crippen molar-refractivity contribution < 1.29 is 19.0 Å². The molecule has 0 atom stereocenters. The average Bonchev–Trinajstić information content (AvgIpc) is 2.81. The third-order valence-electron chi connectivity index (χ3n) is 4.84. The number of ether oxygens (including phenoxy) is 3. The Balaban J connectivity index is 1.81. The van der Waals surface area contributed by atoms with E-state index in [0.717, 1.165) is 12.8 Å². The van der Waals surface area contributed by atoms with Crippen LogP contribution in [0.4, 0.5) is 5.69 Å². The first-order valence-corrected chi connectivity index (χ1v) is 11.2. The molecule has 0 saturated heterocycles. The minimum Gasteiger partial charge on any atom is -0.493 e. The number of nitrogens with one attached hydrogen (secondary N) is 1. The van der Waals surface area contributed by atoms with Gasteiger partial charge in [0, 0.05) is 24.4 Å². The van der Waals surface area contributed by atoms with Crippen LogP contribution in [0.2, 0.25) is 0 Å². The van der Waals surface area contributed by atoms with Gasteiger partial charge in [0.25, 0.3) is 5.56 Å². The predicted octanol–water partition coefficient (Wildman–Crippen LogP) is 3.95.